The van der Waals surface area contributed by atoms with Gasteiger partial charge in [0.05, 0.1) is 24.3 Å². The summed E-state index contributed by atoms with van der Waals surface area (Å²) in [6, 6.07) is 3.21. The number of carbonyl (C=O) groups is 2. The predicted octanol–water partition coefficient (Wildman–Crippen LogP) is 3.57. The Bertz CT molecular complexity index is 471. The molecule has 0 aliphatic heterocycles. The van der Waals surface area contributed by atoms with E-state index < -0.39 is 11.9 Å². The molecule has 0 saturated carbocycles. The summed E-state index contributed by atoms with van der Waals surface area (Å²) >= 11 is 6.51. The van der Waals surface area contributed by atoms with Gasteiger partial charge in [0.1, 0.15) is 0 Å². The molecule has 98 valence electrons. The average Bonchev–Trinajstić information content (AvgIpc) is 2.28. The van der Waals surface area contributed by atoms with Gasteiger partial charge in [-0.15, -0.1) is 0 Å². The molecular formula is C12H12Br2O4. The Morgan fingerprint density at radius 3 is 2.17 bits per heavy atom. The van der Waals surface area contributed by atoms with E-state index in [1.54, 1.807) is 19.9 Å². The van der Waals surface area contributed by atoms with Gasteiger partial charge in [0.25, 0.3) is 0 Å². The maximum Gasteiger partial charge on any atom is 0.340 e. The molecule has 4 nitrogen and oxygen atoms in total. The largest absolute Gasteiger partial charge is 0.462 e. The van der Waals surface area contributed by atoms with Crippen LogP contribution in [0.1, 0.15) is 34.6 Å². The SMILES string of the molecule is CCOC(=O)c1cc(Br)cc(Br)c1C(=O)OCC. The lowest BCUT2D eigenvalue weighted by Crippen LogP contribution is -2.15. The molecule has 18 heavy (non-hydrogen) atoms. The lowest BCUT2D eigenvalue weighted by molar-refractivity contribution is 0.0478. The second-order valence-corrected chi connectivity index (χ2v) is 5.02. The second-order valence-electron chi connectivity index (χ2n) is 3.25. The topological polar surface area (TPSA) is 52.6 Å². The Balaban J connectivity index is 3.29. The monoisotopic (exact) mass is 378 g/mol. The van der Waals surface area contributed by atoms with Crippen molar-refractivity contribution in [1.82, 2.24) is 0 Å². The number of halogens is 2. The molecule has 0 aromatic heterocycles. The van der Waals surface area contributed by atoms with E-state index in [1.165, 1.54) is 6.07 Å². The molecule has 0 aliphatic carbocycles. The maximum atomic E-state index is 11.8. The van der Waals surface area contributed by atoms with Gasteiger partial charge in [-0.1, -0.05) is 15.9 Å². The quantitative estimate of drug-likeness (QED) is 0.750. The first-order valence-corrected chi connectivity index (χ1v) is 6.93. The Hall–Kier alpha value is -0.880. The number of ether oxygens (including phenoxy) is 2. The van der Waals surface area contributed by atoms with Gasteiger partial charge in [0.2, 0.25) is 0 Å². The molecule has 0 aliphatic rings. The fourth-order valence-electron chi connectivity index (χ4n) is 1.35. The molecule has 0 radical (unpaired) electrons. The van der Waals surface area contributed by atoms with Gasteiger partial charge in [-0.3, -0.25) is 0 Å². The van der Waals surface area contributed by atoms with Crippen molar-refractivity contribution in [1.29, 1.82) is 0 Å². The first-order valence-electron chi connectivity index (χ1n) is 5.34. The molecule has 1 aromatic rings. The first kappa shape index (κ1) is 15.2. The molecule has 0 saturated heterocycles. The zero-order valence-electron chi connectivity index (χ0n) is 9.96. The molecule has 0 amide bonds. The molecule has 0 atom stereocenters. The van der Waals surface area contributed by atoms with Crippen LogP contribution in [0, 0.1) is 0 Å². The van der Waals surface area contributed by atoms with Gasteiger partial charge in [0, 0.05) is 8.95 Å². The summed E-state index contributed by atoms with van der Waals surface area (Å²) in [7, 11) is 0. The van der Waals surface area contributed by atoms with E-state index in [0.29, 0.717) is 8.95 Å². The molecule has 0 heterocycles. The number of esters is 2. The van der Waals surface area contributed by atoms with Crippen LogP contribution in [0.3, 0.4) is 0 Å². The molecule has 6 heteroatoms. The van der Waals surface area contributed by atoms with E-state index in [9.17, 15) is 9.59 Å². The molecule has 0 unspecified atom stereocenters. The van der Waals surface area contributed by atoms with Crippen LogP contribution in [0.15, 0.2) is 21.1 Å². The number of benzene rings is 1. The van der Waals surface area contributed by atoms with Crippen molar-refractivity contribution < 1.29 is 19.1 Å². The summed E-state index contributed by atoms with van der Waals surface area (Å²) in [5.41, 5.74) is 0.357. The highest BCUT2D eigenvalue weighted by molar-refractivity contribution is 9.11. The molecule has 0 fully saturated rings. The minimum Gasteiger partial charge on any atom is -0.462 e. The summed E-state index contributed by atoms with van der Waals surface area (Å²) in [6.45, 7) is 3.89. The van der Waals surface area contributed by atoms with Crippen LogP contribution in [0.25, 0.3) is 0 Å². The molecule has 1 aromatic carbocycles. The van der Waals surface area contributed by atoms with Crippen molar-refractivity contribution in [2.45, 2.75) is 13.8 Å². The highest BCUT2D eigenvalue weighted by atomic mass is 79.9. The van der Waals surface area contributed by atoms with Gasteiger partial charge in [-0.25, -0.2) is 9.59 Å². The Morgan fingerprint density at radius 2 is 1.61 bits per heavy atom. The third-order valence-corrected chi connectivity index (χ3v) is 3.11. The molecular weight excluding hydrogens is 368 g/mol. The highest BCUT2D eigenvalue weighted by Gasteiger charge is 2.23. The third-order valence-electron chi connectivity index (χ3n) is 2.03. The zero-order valence-corrected chi connectivity index (χ0v) is 13.1. The van der Waals surface area contributed by atoms with Crippen LogP contribution >= 0.6 is 31.9 Å². The summed E-state index contributed by atoms with van der Waals surface area (Å²) < 4.78 is 11.0. The molecule has 1 rings (SSSR count). The van der Waals surface area contributed by atoms with Crippen molar-refractivity contribution >= 4 is 43.8 Å². The fraction of sp³-hybridized carbons (Fsp3) is 0.333. The van der Waals surface area contributed by atoms with E-state index in [-0.39, 0.29) is 24.3 Å². The van der Waals surface area contributed by atoms with Gasteiger partial charge in [-0.05, 0) is 41.9 Å². The van der Waals surface area contributed by atoms with Crippen LogP contribution in [0.2, 0.25) is 0 Å². The summed E-state index contributed by atoms with van der Waals surface area (Å²) in [5, 5.41) is 0. The van der Waals surface area contributed by atoms with Crippen molar-refractivity contribution in [2.75, 3.05) is 13.2 Å². The van der Waals surface area contributed by atoms with Crippen LogP contribution in [-0.4, -0.2) is 25.2 Å². The first-order chi connectivity index (χ1) is 8.51. The maximum absolute atomic E-state index is 11.8. The van der Waals surface area contributed by atoms with Crippen LogP contribution in [0.5, 0.6) is 0 Å². The third kappa shape index (κ3) is 3.55. The number of hydrogen-bond acceptors (Lipinski definition) is 4. The van der Waals surface area contributed by atoms with Crippen LogP contribution < -0.4 is 0 Å². The normalized spacial score (nSPS) is 10.0. The Morgan fingerprint density at radius 1 is 1.06 bits per heavy atom. The summed E-state index contributed by atoms with van der Waals surface area (Å²) in [5.74, 6) is -1.11. The van der Waals surface area contributed by atoms with E-state index >= 15 is 0 Å². The van der Waals surface area contributed by atoms with Gasteiger partial charge < -0.3 is 9.47 Å². The van der Waals surface area contributed by atoms with Crippen LogP contribution in [-0.2, 0) is 9.47 Å². The molecule has 0 N–H and O–H groups in total. The number of hydrogen-bond donors (Lipinski definition) is 0. The lowest BCUT2D eigenvalue weighted by atomic mass is 10.1. The second kappa shape index (κ2) is 6.89. The smallest absolute Gasteiger partial charge is 0.340 e. The summed E-state index contributed by atoms with van der Waals surface area (Å²) in [4.78, 5) is 23.6. The van der Waals surface area contributed by atoms with E-state index in [2.05, 4.69) is 31.9 Å². The van der Waals surface area contributed by atoms with E-state index in [1.807, 2.05) is 0 Å². The van der Waals surface area contributed by atoms with Gasteiger partial charge in [0.15, 0.2) is 0 Å². The zero-order chi connectivity index (χ0) is 13.7. The number of rotatable bonds is 4. The van der Waals surface area contributed by atoms with Crippen molar-refractivity contribution in [2.24, 2.45) is 0 Å². The van der Waals surface area contributed by atoms with Crippen molar-refractivity contribution in [3.05, 3.63) is 32.2 Å². The Kier molecular flexibility index (Phi) is 5.81. The Labute approximate surface area is 122 Å². The minimum atomic E-state index is -0.556. The van der Waals surface area contributed by atoms with Gasteiger partial charge in [-0.2, -0.15) is 0 Å². The van der Waals surface area contributed by atoms with Crippen LogP contribution in [0.4, 0.5) is 0 Å². The number of carbonyl (C=O) groups excluding carboxylic acids is 2. The lowest BCUT2D eigenvalue weighted by Gasteiger charge is -2.10. The average molecular weight is 380 g/mol. The fourth-order valence-corrected chi connectivity index (χ4v) is 2.74. The van der Waals surface area contributed by atoms with Gasteiger partial charge >= 0.3 is 11.9 Å². The van der Waals surface area contributed by atoms with Crippen molar-refractivity contribution in [3.8, 4) is 0 Å². The predicted molar refractivity (Wildman–Crippen MR) is 73.8 cm³/mol. The molecule has 0 bridgehead atoms. The van der Waals surface area contributed by atoms with Crippen molar-refractivity contribution in [3.63, 3.8) is 0 Å². The van der Waals surface area contributed by atoms with E-state index in [4.69, 9.17) is 9.47 Å². The van der Waals surface area contributed by atoms with E-state index in [0.717, 1.165) is 0 Å². The summed E-state index contributed by atoms with van der Waals surface area (Å²) in [6.07, 6.45) is 0. The minimum absolute atomic E-state index is 0.177. The standard InChI is InChI=1S/C12H12Br2O4/c1-3-17-11(15)8-5-7(13)6-9(14)10(8)12(16)18-4-2/h5-6H,3-4H2,1-2H3. The highest BCUT2D eigenvalue weighted by Crippen LogP contribution is 2.27. The molecule has 0 spiro atoms.